The minimum absolute atomic E-state index is 0.123. The molecule has 0 radical (unpaired) electrons. The molecule has 0 unspecified atom stereocenters. The van der Waals surface area contributed by atoms with Crippen molar-refractivity contribution in [2.75, 3.05) is 0 Å². The van der Waals surface area contributed by atoms with Gasteiger partial charge in [0.1, 0.15) is 46.4 Å². The van der Waals surface area contributed by atoms with E-state index < -0.39 is 82.0 Å². The number of Topliss-reactive ketones (excluding diaryl/α,β-unsaturated/α-hetero) is 2. The van der Waals surface area contributed by atoms with Crippen molar-refractivity contribution < 1.29 is 59.3 Å². The van der Waals surface area contributed by atoms with E-state index in [4.69, 9.17) is 9.15 Å². The first-order chi connectivity index (χ1) is 20.3. The number of carboxylic acid groups (broad SMARTS) is 1. The molecular weight excluding hydrogens is 564 g/mol. The Morgan fingerprint density at radius 1 is 0.907 bits per heavy atom. The van der Waals surface area contributed by atoms with Gasteiger partial charge in [-0.05, 0) is 35.4 Å². The van der Waals surface area contributed by atoms with E-state index in [9.17, 15) is 50.1 Å². The van der Waals surface area contributed by atoms with E-state index in [0.717, 1.165) is 5.56 Å². The largest absolute Gasteiger partial charge is 0.508 e. The van der Waals surface area contributed by atoms with Crippen molar-refractivity contribution in [1.29, 1.82) is 0 Å². The van der Waals surface area contributed by atoms with E-state index in [1.807, 2.05) is 30.3 Å². The average Bonchev–Trinajstić information content (AvgIpc) is 3.39. The van der Waals surface area contributed by atoms with Gasteiger partial charge in [-0.15, -0.1) is 0 Å². The van der Waals surface area contributed by atoms with Crippen LogP contribution >= 0.6 is 0 Å². The molecule has 3 aromatic rings. The number of aliphatic hydroxyl groups excluding tert-OH is 2. The highest BCUT2D eigenvalue weighted by Gasteiger charge is 2.71. The number of hydrogen-bond acceptors (Lipinski definition) is 11. The molecule has 1 saturated carbocycles. The van der Waals surface area contributed by atoms with Crippen LogP contribution in [0.2, 0.25) is 0 Å². The molecule has 0 aliphatic heterocycles. The van der Waals surface area contributed by atoms with E-state index in [-0.39, 0.29) is 23.5 Å². The first-order valence-electron chi connectivity index (χ1n) is 13.2. The Labute approximate surface area is 243 Å². The molecule has 1 heterocycles. The number of aliphatic hydroxyl groups is 5. The standard InChI is InChI=1S/C31H26O12/c32-19-8-7-17(21-9-6-16(43-21)13-42-12-15-4-2-1-3-5-15)18-10-29(39)14-30(40)11-20(33)23(28(37)38)26(35)31(30,41)27(36)24(29)25(34)22(18)19/h1-9,32,34-35,39-41H,10-14H2,(H,37,38)/t29-,30+,31-/m0/s1. The summed E-state index contributed by atoms with van der Waals surface area (Å²) in [7, 11) is 0. The molecule has 12 heteroatoms. The fraction of sp³-hybridized carbons (Fsp3) is 0.258. The second-order valence-corrected chi connectivity index (χ2v) is 11.0. The van der Waals surface area contributed by atoms with Gasteiger partial charge in [-0.2, -0.15) is 0 Å². The average molecular weight is 591 g/mol. The van der Waals surface area contributed by atoms with Gasteiger partial charge in [0.25, 0.3) is 0 Å². The van der Waals surface area contributed by atoms with Gasteiger partial charge in [0.05, 0.1) is 17.7 Å². The number of rotatable bonds is 6. The number of phenolic OH excluding ortho intramolecular Hbond substituents is 1. The maximum absolute atomic E-state index is 13.7. The highest BCUT2D eigenvalue weighted by molar-refractivity contribution is 6.22. The Morgan fingerprint density at radius 3 is 2.33 bits per heavy atom. The molecule has 0 spiro atoms. The summed E-state index contributed by atoms with van der Waals surface area (Å²) in [5.41, 5.74) is -9.63. The third kappa shape index (κ3) is 4.10. The molecular formula is C31H26O12. The molecule has 0 bridgehead atoms. The zero-order valence-electron chi connectivity index (χ0n) is 22.4. The van der Waals surface area contributed by atoms with Crippen LogP contribution in [-0.4, -0.2) is 70.1 Å². The molecule has 43 heavy (non-hydrogen) atoms. The van der Waals surface area contributed by atoms with E-state index in [1.165, 1.54) is 12.1 Å². The van der Waals surface area contributed by atoms with E-state index in [1.54, 1.807) is 12.1 Å². The molecule has 3 aliphatic rings. The Bertz CT molecular complexity index is 1770. The predicted octanol–water partition coefficient (Wildman–Crippen LogP) is 2.23. The second kappa shape index (κ2) is 9.64. The van der Waals surface area contributed by atoms with Crippen LogP contribution in [0.5, 0.6) is 5.75 Å². The number of furan rings is 1. The zero-order valence-corrected chi connectivity index (χ0v) is 22.4. The number of aliphatic carboxylic acids is 1. The highest BCUT2D eigenvalue weighted by Crippen LogP contribution is 2.56. The van der Waals surface area contributed by atoms with Gasteiger partial charge in [-0.3, -0.25) is 9.59 Å². The predicted molar refractivity (Wildman–Crippen MR) is 145 cm³/mol. The molecule has 2 aromatic carbocycles. The topological polar surface area (TPSA) is 215 Å². The van der Waals surface area contributed by atoms with Gasteiger partial charge in [0.2, 0.25) is 11.4 Å². The fourth-order valence-corrected chi connectivity index (χ4v) is 6.36. The monoisotopic (exact) mass is 590 g/mol. The van der Waals surface area contributed by atoms with Crippen LogP contribution in [0.3, 0.4) is 0 Å². The smallest absolute Gasteiger partial charge is 0.342 e. The van der Waals surface area contributed by atoms with Gasteiger partial charge in [-0.1, -0.05) is 30.3 Å². The number of hydrogen-bond donors (Lipinski definition) is 7. The first-order valence-corrected chi connectivity index (χ1v) is 13.2. The van der Waals surface area contributed by atoms with Crippen LogP contribution in [0.25, 0.3) is 17.1 Å². The van der Waals surface area contributed by atoms with Crippen LogP contribution in [-0.2, 0) is 38.8 Å². The Kier molecular flexibility index (Phi) is 6.36. The van der Waals surface area contributed by atoms with Crippen LogP contribution < -0.4 is 0 Å². The van der Waals surface area contributed by atoms with Crippen molar-refractivity contribution in [1.82, 2.24) is 0 Å². The molecule has 1 fully saturated rings. The SMILES string of the molecule is O=C(O)C1=C(O)[C@]2(O)C(=O)C3=C(O)c4c(O)ccc(-c5ccc(COCc6ccccc6)o5)c4C[C@]3(O)C[C@]2(O)CC1=O. The molecule has 222 valence electrons. The number of carbonyl (C=O) groups is 3. The number of phenols is 1. The summed E-state index contributed by atoms with van der Waals surface area (Å²) < 4.78 is 11.7. The van der Waals surface area contributed by atoms with E-state index >= 15 is 0 Å². The minimum Gasteiger partial charge on any atom is -0.508 e. The highest BCUT2D eigenvalue weighted by atomic mass is 16.5. The number of ether oxygens (including phenoxy) is 1. The van der Waals surface area contributed by atoms with Gasteiger partial charge in [0.15, 0.2) is 11.5 Å². The molecule has 3 aliphatic carbocycles. The summed E-state index contributed by atoms with van der Waals surface area (Å²) in [6.07, 6.45) is -2.56. The number of carboxylic acids is 1. The lowest BCUT2D eigenvalue weighted by Crippen LogP contribution is -2.72. The van der Waals surface area contributed by atoms with Crippen molar-refractivity contribution in [3.63, 3.8) is 0 Å². The number of fused-ring (bicyclic) bond motifs is 3. The van der Waals surface area contributed by atoms with E-state index in [0.29, 0.717) is 17.9 Å². The summed E-state index contributed by atoms with van der Waals surface area (Å²) in [6, 6.07) is 15.5. The Balaban J connectivity index is 1.41. The van der Waals surface area contributed by atoms with Gasteiger partial charge >= 0.3 is 5.97 Å². The lowest BCUT2D eigenvalue weighted by Gasteiger charge is -2.54. The molecule has 6 rings (SSSR count). The lowest BCUT2D eigenvalue weighted by atomic mass is 9.55. The summed E-state index contributed by atoms with van der Waals surface area (Å²) in [4.78, 5) is 37.9. The Hall–Kier alpha value is -4.75. The maximum atomic E-state index is 13.7. The van der Waals surface area contributed by atoms with Crippen molar-refractivity contribution >= 4 is 23.3 Å². The van der Waals surface area contributed by atoms with Crippen molar-refractivity contribution in [2.45, 2.75) is 49.3 Å². The first kappa shape index (κ1) is 28.4. The fourth-order valence-electron chi connectivity index (χ4n) is 6.36. The molecule has 12 nitrogen and oxygen atoms in total. The maximum Gasteiger partial charge on any atom is 0.342 e. The molecule has 0 saturated heterocycles. The zero-order chi connectivity index (χ0) is 30.9. The van der Waals surface area contributed by atoms with Crippen LogP contribution in [0.4, 0.5) is 0 Å². The second-order valence-electron chi connectivity index (χ2n) is 11.0. The van der Waals surface area contributed by atoms with Crippen LogP contribution in [0, 0.1) is 0 Å². The van der Waals surface area contributed by atoms with Crippen molar-refractivity contribution in [3.8, 4) is 17.1 Å². The van der Waals surface area contributed by atoms with E-state index in [2.05, 4.69) is 0 Å². The van der Waals surface area contributed by atoms with Gasteiger partial charge < -0.3 is 44.9 Å². The van der Waals surface area contributed by atoms with Crippen molar-refractivity contribution in [2.24, 2.45) is 0 Å². The van der Waals surface area contributed by atoms with Crippen LogP contribution in [0.15, 0.2) is 75.9 Å². The normalized spacial score (nSPS) is 26.7. The summed E-state index contributed by atoms with van der Waals surface area (Å²) >= 11 is 0. The summed E-state index contributed by atoms with van der Waals surface area (Å²) in [6.45, 7) is 0.461. The van der Waals surface area contributed by atoms with Crippen molar-refractivity contribution in [3.05, 3.63) is 94.0 Å². The van der Waals surface area contributed by atoms with Gasteiger partial charge in [0, 0.05) is 24.8 Å². The lowest BCUT2D eigenvalue weighted by molar-refractivity contribution is -0.200. The summed E-state index contributed by atoms with van der Waals surface area (Å²) in [5.74, 6) is -7.15. The summed E-state index contributed by atoms with van der Waals surface area (Å²) in [5, 5.41) is 76.5. The minimum atomic E-state index is -3.37. The molecule has 1 aromatic heterocycles. The third-order valence-corrected chi connectivity index (χ3v) is 8.32. The number of aromatic hydroxyl groups is 1. The quantitative estimate of drug-likeness (QED) is 0.206. The van der Waals surface area contributed by atoms with Crippen LogP contribution in [0.1, 0.15) is 35.3 Å². The van der Waals surface area contributed by atoms with Gasteiger partial charge in [-0.25, -0.2) is 4.79 Å². The third-order valence-electron chi connectivity index (χ3n) is 8.32. The molecule has 3 atom stereocenters. The molecule has 0 amide bonds. The Morgan fingerprint density at radius 2 is 1.63 bits per heavy atom. The number of ketones is 2. The molecule has 7 N–H and O–H groups in total. The number of carbonyl (C=O) groups excluding carboxylic acids is 2. The number of benzene rings is 2.